The second kappa shape index (κ2) is 8.23. The second-order valence-corrected chi connectivity index (χ2v) is 9.79. The average Bonchev–Trinajstić information content (AvgIpc) is 3.02. The van der Waals surface area contributed by atoms with Crippen molar-refractivity contribution in [2.24, 2.45) is 23.0 Å². The van der Waals surface area contributed by atoms with Gasteiger partial charge in [0.15, 0.2) is 11.5 Å². The quantitative estimate of drug-likeness (QED) is 0.413. The molecule has 2 saturated carbocycles. The molecule has 3 aliphatic carbocycles. The van der Waals surface area contributed by atoms with Gasteiger partial charge in [0.25, 0.3) is 0 Å². The van der Waals surface area contributed by atoms with E-state index < -0.39 is 0 Å². The highest BCUT2D eigenvalue weighted by atomic mass is 16.3. The van der Waals surface area contributed by atoms with Crippen molar-refractivity contribution in [3.05, 3.63) is 23.3 Å². The zero-order valence-electron chi connectivity index (χ0n) is 17.4. The minimum Gasteiger partial charge on any atom is -0.504 e. The Bertz CT molecular complexity index is 691. The fourth-order valence-corrected chi connectivity index (χ4v) is 6.83. The number of hydrogen-bond donors (Lipinski definition) is 4. The van der Waals surface area contributed by atoms with Crippen LogP contribution < -0.4 is 11.1 Å². The molecule has 28 heavy (non-hydrogen) atoms. The first-order valence-electron chi connectivity index (χ1n) is 11.5. The molecule has 4 nitrogen and oxygen atoms in total. The van der Waals surface area contributed by atoms with Crippen LogP contribution in [-0.4, -0.2) is 29.3 Å². The summed E-state index contributed by atoms with van der Waals surface area (Å²) >= 11 is 0. The van der Waals surface area contributed by atoms with Crippen LogP contribution in [0.15, 0.2) is 12.1 Å². The van der Waals surface area contributed by atoms with Crippen LogP contribution in [-0.2, 0) is 6.42 Å². The van der Waals surface area contributed by atoms with Crippen LogP contribution >= 0.6 is 0 Å². The van der Waals surface area contributed by atoms with Gasteiger partial charge >= 0.3 is 0 Å². The van der Waals surface area contributed by atoms with E-state index in [0.29, 0.717) is 17.4 Å². The summed E-state index contributed by atoms with van der Waals surface area (Å²) in [6.45, 7) is 4.50. The van der Waals surface area contributed by atoms with Crippen LogP contribution in [0.5, 0.6) is 11.5 Å². The van der Waals surface area contributed by atoms with Crippen molar-refractivity contribution in [3.8, 4) is 11.5 Å². The van der Waals surface area contributed by atoms with E-state index in [1.807, 2.05) is 6.07 Å². The van der Waals surface area contributed by atoms with Gasteiger partial charge in [0, 0.05) is 6.04 Å². The summed E-state index contributed by atoms with van der Waals surface area (Å²) in [6.07, 6.45) is 12.4. The van der Waals surface area contributed by atoms with Crippen molar-refractivity contribution in [3.63, 3.8) is 0 Å². The topological polar surface area (TPSA) is 78.5 Å². The van der Waals surface area contributed by atoms with E-state index in [9.17, 15) is 10.2 Å². The van der Waals surface area contributed by atoms with Crippen molar-refractivity contribution in [2.75, 3.05) is 13.1 Å². The molecule has 4 heteroatoms. The van der Waals surface area contributed by atoms with E-state index in [1.165, 1.54) is 62.5 Å². The van der Waals surface area contributed by atoms with Gasteiger partial charge in [0.2, 0.25) is 0 Å². The van der Waals surface area contributed by atoms with Crippen molar-refractivity contribution in [1.29, 1.82) is 0 Å². The lowest BCUT2D eigenvalue weighted by Gasteiger charge is -2.51. The Hall–Kier alpha value is -1.26. The Labute approximate surface area is 169 Å². The summed E-state index contributed by atoms with van der Waals surface area (Å²) in [5.74, 6) is 2.16. The smallest absolute Gasteiger partial charge is 0.157 e. The zero-order valence-corrected chi connectivity index (χ0v) is 17.4. The maximum atomic E-state index is 10.1. The van der Waals surface area contributed by atoms with Crippen LogP contribution in [0.25, 0.3) is 0 Å². The van der Waals surface area contributed by atoms with E-state index in [2.05, 4.69) is 12.2 Å². The summed E-state index contributed by atoms with van der Waals surface area (Å²) in [4.78, 5) is 0. The third-order valence-electron chi connectivity index (χ3n) is 8.34. The molecule has 0 amide bonds. The molecule has 1 unspecified atom stereocenters. The van der Waals surface area contributed by atoms with Gasteiger partial charge < -0.3 is 21.3 Å². The average molecular weight is 387 g/mol. The molecule has 1 aromatic carbocycles. The zero-order chi connectivity index (χ0) is 19.7. The van der Waals surface area contributed by atoms with Gasteiger partial charge in [-0.3, -0.25) is 0 Å². The molecule has 0 radical (unpaired) electrons. The van der Waals surface area contributed by atoms with Crippen molar-refractivity contribution in [2.45, 2.75) is 83.1 Å². The third kappa shape index (κ3) is 3.54. The molecule has 0 saturated heterocycles. The molecule has 5 atom stereocenters. The number of unbranched alkanes of at least 4 members (excludes halogenated alkanes) is 3. The van der Waals surface area contributed by atoms with Gasteiger partial charge in [-0.25, -0.2) is 0 Å². The predicted octanol–water partition coefficient (Wildman–Crippen LogP) is 4.43. The second-order valence-electron chi connectivity index (χ2n) is 9.79. The molecular weight excluding hydrogens is 348 g/mol. The number of fused-ring (bicyclic) bond motifs is 5. The van der Waals surface area contributed by atoms with Gasteiger partial charge in [-0.2, -0.15) is 0 Å². The van der Waals surface area contributed by atoms with Crippen LogP contribution in [0.4, 0.5) is 0 Å². The van der Waals surface area contributed by atoms with Crippen LogP contribution in [0.2, 0.25) is 0 Å². The Morgan fingerprint density at radius 1 is 1.04 bits per heavy atom. The number of nitrogens with two attached hydrogens (primary N) is 1. The number of aryl methyl sites for hydroxylation is 1. The molecule has 3 aliphatic rings. The highest BCUT2D eigenvalue weighted by molar-refractivity contribution is 5.48. The molecule has 1 aromatic rings. The number of phenols is 2. The summed E-state index contributed by atoms with van der Waals surface area (Å²) < 4.78 is 0. The molecule has 0 aromatic heterocycles. The molecule has 4 rings (SSSR count). The van der Waals surface area contributed by atoms with Crippen LogP contribution in [0.3, 0.4) is 0 Å². The normalized spacial score (nSPS) is 33.9. The van der Waals surface area contributed by atoms with Crippen LogP contribution in [0.1, 0.15) is 81.8 Å². The Morgan fingerprint density at radius 3 is 2.64 bits per heavy atom. The Balaban J connectivity index is 1.41. The lowest BCUT2D eigenvalue weighted by Crippen LogP contribution is -2.48. The number of nitrogens with one attached hydrogen (secondary N) is 1. The number of aromatic hydroxyl groups is 2. The lowest BCUT2D eigenvalue weighted by molar-refractivity contribution is 0.0411. The summed E-state index contributed by atoms with van der Waals surface area (Å²) in [5.41, 5.74) is 8.57. The Kier molecular flexibility index (Phi) is 5.89. The first-order valence-corrected chi connectivity index (χ1v) is 11.5. The number of benzene rings is 1. The molecule has 0 aliphatic heterocycles. The highest BCUT2D eigenvalue weighted by Gasteiger charge is 2.54. The fourth-order valence-electron chi connectivity index (χ4n) is 6.83. The summed E-state index contributed by atoms with van der Waals surface area (Å²) in [7, 11) is 0. The fraction of sp³-hybridized carbons (Fsp3) is 0.750. The lowest BCUT2D eigenvalue weighted by atomic mass is 9.55. The number of hydrogen-bond acceptors (Lipinski definition) is 4. The highest BCUT2D eigenvalue weighted by Crippen LogP contribution is 2.61. The molecule has 0 spiro atoms. The van der Waals surface area contributed by atoms with Gasteiger partial charge in [0.05, 0.1) is 0 Å². The van der Waals surface area contributed by atoms with Crippen molar-refractivity contribution < 1.29 is 10.2 Å². The SMILES string of the molecule is C[C@]12CC[C@@H]3c4cc(O)c(O)cc4CC[C@H]3[C@@H]1CCC2NCCCCCCN. The molecule has 2 fully saturated rings. The predicted molar refractivity (Wildman–Crippen MR) is 114 cm³/mol. The summed E-state index contributed by atoms with van der Waals surface area (Å²) in [5, 5.41) is 23.9. The van der Waals surface area contributed by atoms with E-state index >= 15 is 0 Å². The monoisotopic (exact) mass is 386 g/mol. The molecule has 0 heterocycles. The molecule has 5 N–H and O–H groups in total. The first kappa shape index (κ1) is 20.0. The van der Waals surface area contributed by atoms with Gasteiger partial charge in [0.1, 0.15) is 0 Å². The maximum absolute atomic E-state index is 10.1. The van der Waals surface area contributed by atoms with Gasteiger partial charge in [-0.1, -0.05) is 19.8 Å². The molecule has 0 bridgehead atoms. The third-order valence-corrected chi connectivity index (χ3v) is 8.34. The van der Waals surface area contributed by atoms with Crippen LogP contribution in [0, 0.1) is 17.3 Å². The van der Waals surface area contributed by atoms with E-state index in [4.69, 9.17) is 5.73 Å². The van der Waals surface area contributed by atoms with E-state index in [1.54, 1.807) is 6.07 Å². The van der Waals surface area contributed by atoms with E-state index in [-0.39, 0.29) is 11.5 Å². The number of rotatable bonds is 7. The van der Waals surface area contributed by atoms with Gasteiger partial charge in [-0.05, 0) is 111 Å². The summed E-state index contributed by atoms with van der Waals surface area (Å²) in [6, 6.07) is 4.32. The molecular formula is C24H38N2O2. The Morgan fingerprint density at radius 2 is 1.82 bits per heavy atom. The van der Waals surface area contributed by atoms with Gasteiger partial charge in [-0.15, -0.1) is 0 Å². The van der Waals surface area contributed by atoms with Crippen molar-refractivity contribution >= 4 is 0 Å². The molecule has 156 valence electrons. The van der Waals surface area contributed by atoms with Crippen molar-refractivity contribution in [1.82, 2.24) is 5.32 Å². The minimum absolute atomic E-state index is 0.0365. The first-order chi connectivity index (χ1) is 13.5. The largest absolute Gasteiger partial charge is 0.504 e. The number of phenolic OH excluding ortho intramolecular Hbond substituents is 2. The van der Waals surface area contributed by atoms with E-state index in [0.717, 1.165) is 37.8 Å². The minimum atomic E-state index is 0.0365. The maximum Gasteiger partial charge on any atom is 0.157 e. The standard InChI is InChI=1S/C24H38N2O2/c1-24-11-10-17-18(7-6-16-14-21(27)22(28)15-19(16)17)20(24)8-9-23(24)26-13-5-3-2-4-12-25/h14-15,17-18,20,23,26-28H,2-13,25H2,1H3/t17-,18+,20-,23?,24-/m0/s1.